The van der Waals surface area contributed by atoms with Crippen LogP contribution in [0.25, 0.3) is 44.1 Å². The average Bonchev–Trinajstić information content (AvgIpc) is 4.03. The number of allylic oxidation sites excluding steroid dienone is 1. The van der Waals surface area contributed by atoms with Crippen molar-refractivity contribution in [2.75, 3.05) is 29.5 Å². The van der Waals surface area contributed by atoms with E-state index >= 15 is 0 Å². The number of anilines is 4. The van der Waals surface area contributed by atoms with Crippen molar-refractivity contribution >= 4 is 95.4 Å². The fraction of sp³-hybridized carbons (Fsp3) is 0.326. The van der Waals surface area contributed by atoms with Gasteiger partial charge in [0.1, 0.15) is 46.9 Å². The second kappa shape index (κ2) is 18.9. The highest BCUT2D eigenvalue weighted by atomic mass is 127. The minimum atomic E-state index is -0.306. The van der Waals surface area contributed by atoms with E-state index in [0.717, 1.165) is 60.2 Å². The van der Waals surface area contributed by atoms with Gasteiger partial charge < -0.3 is 41.2 Å². The van der Waals surface area contributed by atoms with Crippen LogP contribution in [0.2, 0.25) is 0 Å². The third kappa shape index (κ3) is 9.05. The summed E-state index contributed by atoms with van der Waals surface area (Å²) in [6.45, 7) is 17.4. The number of fused-ring (bicyclic) bond motifs is 4. The molecule has 1 aliphatic heterocycles. The van der Waals surface area contributed by atoms with Gasteiger partial charge in [0.25, 0.3) is 0 Å². The normalized spacial score (nSPS) is 12.2. The zero-order valence-electron chi connectivity index (χ0n) is 34.5. The molecule has 0 aliphatic carbocycles. The van der Waals surface area contributed by atoms with Gasteiger partial charge in [-0.05, 0) is 102 Å². The van der Waals surface area contributed by atoms with Crippen molar-refractivity contribution in [3.05, 3.63) is 95.1 Å². The van der Waals surface area contributed by atoms with E-state index in [1.165, 1.54) is 18.9 Å². The molecule has 316 valence electrons. The highest BCUT2D eigenvalue weighted by Gasteiger charge is 2.19. The molecule has 60 heavy (non-hydrogen) atoms. The highest BCUT2D eigenvalue weighted by Crippen LogP contribution is 2.30. The molecule has 0 saturated heterocycles. The van der Waals surface area contributed by atoms with Crippen molar-refractivity contribution in [3.8, 4) is 0 Å². The Bertz CT molecular complexity index is 2710. The fourth-order valence-electron chi connectivity index (χ4n) is 6.74. The number of halogens is 2. The van der Waals surface area contributed by atoms with E-state index in [9.17, 15) is 4.39 Å². The number of hydrogen-bond donors (Lipinski definition) is 4. The van der Waals surface area contributed by atoms with Gasteiger partial charge in [-0.25, -0.2) is 34.3 Å². The van der Waals surface area contributed by atoms with Crippen LogP contribution in [0.3, 0.4) is 0 Å². The molecule has 8 N–H and O–H groups in total. The molecule has 0 aromatic carbocycles. The van der Waals surface area contributed by atoms with E-state index in [-0.39, 0.29) is 19.3 Å². The average molecular weight is 928 g/mol. The molecule has 0 bridgehead atoms. The molecule has 0 fully saturated rings. The van der Waals surface area contributed by atoms with E-state index in [2.05, 4.69) is 125 Å². The van der Waals surface area contributed by atoms with Gasteiger partial charge in [-0.3, -0.25) is 4.99 Å². The minimum absolute atomic E-state index is 0. The van der Waals surface area contributed by atoms with Gasteiger partial charge >= 0.3 is 0 Å². The molecule has 9 heterocycles. The molecular formula is C43H55FIN15. The predicted octanol–water partition coefficient (Wildman–Crippen LogP) is 9.33. The van der Waals surface area contributed by atoms with Crippen LogP contribution >= 0.6 is 22.6 Å². The maximum Gasteiger partial charge on any atom is 0.152 e. The largest absolute Gasteiger partial charge is 0.398 e. The van der Waals surface area contributed by atoms with Gasteiger partial charge in [-0.1, -0.05) is 13.5 Å². The maximum absolute atomic E-state index is 13.5. The van der Waals surface area contributed by atoms with E-state index < -0.39 is 0 Å². The van der Waals surface area contributed by atoms with Gasteiger partial charge in [0.15, 0.2) is 5.82 Å². The molecule has 15 nitrogen and oxygen atoms in total. The van der Waals surface area contributed by atoms with Gasteiger partial charge in [-0.15, -0.1) is 0 Å². The Hall–Kier alpha value is -6.11. The summed E-state index contributed by atoms with van der Waals surface area (Å²) in [5, 5.41) is 3.32. The fourth-order valence-corrected chi connectivity index (χ4v) is 7.55. The summed E-state index contributed by atoms with van der Waals surface area (Å²) in [6, 6.07) is 6.75. The molecule has 0 saturated carbocycles. The first kappa shape index (κ1) is 45.0. The summed E-state index contributed by atoms with van der Waals surface area (Å²) in [5.41, 5.74) is 29.9. The zero-order valence-corrected chi connectivity index (χ0v) is 36.7. The summed E-state index contributed by atoms with van der Waals surface area (Å²) < 4.78 is 22.7. The van der Waals surface area contributed by atoms with Gasteiger partial charge in [0.05, 0.1) is 28.4 Å². The molecule has 0 atom stereocenters. The number of aromatic nitrogens is 10. The van der Waals surface area contributed by atoms with Crippen LogP contribution in [0.15, 0.2) is 85.2 Å². The Morgan fingerprint density at radius 2 is 1.12 bits per heavy atom. The van der Waals surface area contributed by atoms with Crippen molar-refractivity contribution in [3.63, 3.8) is 0 Å². The molecule has 0 spiro atoms. The lowest BCUT2D eigenvalue weighted by Gasteiger charge is -2.07. The number of rotatable bonds is 5. The zero-order chi connectivity index (χ0) is 42.7. The first-order valence-corrected chi connectivity index (χ1v) is 20.4. The topological polar surface area (TPSA) is 214 Å². The van der Waals surface area contributed by atoms with E-state index in [0.29, 0.717) is 46.5 Å². The number of aliphatic imine (C=N–C) groups is 1. The monoisotopic (exact) mass is 927 g/mol. The number of nitrogen functional groups attached to an aromatic ring is 4. The first-order chi connectivity index (χ1) is 28.1. The molecule has 9 rings (SSSR count). The van der Waals surface area contributed by atoms with E-state index in [1.807, 2.05) is 44.3 Å². The lowest BCUT2D eigenvalue weighted by molar-refractivity contribution is 0.585. The van der Waals surface area contributed by atoms with Crippen LogP contribution in [0.5, 0.6) is 0 Å². The summed E-state index contributed by atoms with van der Waals surface area (Å²) in [7, 11) is 0. The predicted molar refractivity (Wildman–Crippen MR) is 254 cm³/mol. The van der Waals surface area contributed by atoms with E-state index in [1.54, 1.807) is 23.0 Å². The number of hydrogen-bond acceptors (Lipinski definition) is 11. The Kier molecular flexibility index (Phi) is 14.1. The van der Waals surface area contributed by atoms with Gasteiger partial charge in [-0.2, -0.15) is 0 Å². The van der Waals surface area contributed by atoms with Crippen LogP contribution in [-0.4, -0.2) is 60.4 Å². The second-order valence-corrected chi connectivity index (χ2v) is 16.3. The third-order valence-corrected chi connectivity index (χ3v) is 10.5. The third-order valence-electron chi connectivity index (χ3n) is 9.72. The molecule has 0 radical (unpaired) electrons. The van der Waals surface area contributed by atoms with Crippen molar-refractivity contribution in [1.29, 1.82) is 0 Å². The van der Waals surface area contributed by atoms with Crippen molar-refractivity contribution < 1.29 is 4.39 Å². The molecule has 8 aromatic heterocycles. The van der Waals surface area contributed by atoms with Crippen LogP contribution in [0, 0.1) is 9.39 Å². The first-order valence-electron chi connectivity index (χ1n) is 19.3. The van der Waals surface area contributed by atoms with Crippen molar-refractivity contribution in [2.24, 2.45) is 4.99 Å². The van der Waals surface area contributed by atoms with Crippen LogP contribution < -0.4 is 22.9 Å². The second-order valence-electron chi connectivity index (χ2n) is 15.1. The van der Waals surface area contributed by atoms with Crippen molar-refractivity contribution in [1.82, 2.24) is 48.2 Å². The Morgan fingerprint density at radius 1 is 0.600 bits per heavy atom. The highest BCUT2D eigenvalue weighted by molar-refractivity contribution is 14.1. The SMILES string of the molecule is C.CC(C)n1cc(C2=NCC=C2)c2c(N)ncnc21.CC(C)n1cc(F)c2c(N)ccnc21.CC(C)n1cc(I)c2c(N)ncnc21.CC(C)n1ccc2c(N)ccnc21. The molecule has 0 amide bonds. The lowest BCUT2D eigenvalue weighted by Crippen LogP contribution is -2.00. The van der Waals surface area contributed by atoms with Crippen LogP contribution in [0.4, 0.5) is 27.4 Å². The summed E-state index contributed by atoms with van der Waals surface area (Å²) in [6.07, 6.45) is 18.0. The standard InChI is InChI=1S/C13H15N5.C10H12FN3.C10H13N3.C9H11IN4.CH4/c1-8(2)18-6-9(10-4-3-5-15-10)11-12(14)16-7-17-13(11)18;1-6(2)14-5-7(11)9-8(12)3-4-13-10(9)14;1-7(2)13-6-4-8-9(11)3-5-12-10(8)13;1-5(2)14-3-6(10)7-8(11)12-4-13-9(7)14;/h3-4,6-8H,5H2,1-2H3,(H2,14,16,17);3-6H,1-2H3,(H2,12,13);3-7H,1-2H3,(H2,11,12);3-5H,1-2H3,(H2,11,12,13);1H4. The summed E-state index contributed by atoms with van der Waals surface area (Å²) in [4.78, 5) is 29.6. The molecule has 8 aromatic rings. The molecule has 0 unspecified atom stereocenters. The lowest BCUT2D eigenvalue weighted by atomic mass is 10.1. The Morgan fingerprint density at radius 3 is 1.70 bits per heavy atom. The smallest absolute Gasteiger partial charge is 0.152 e. The maximum atomic E-state index is 13.5. The number of nitrogens with zero attached hydrogens (tertiary/aromatic N) is 11. The van der Waals surface area contributed by atoms with Crippen LogP contribution in [0.1, 0.15) is 92.5 Å². The Labute approximate surface area is 363 Å². The van der Waals surface area contributed by atoms with Crippen LogP contribution in [-0.2, 0) is 0 Å². The molecule has 17 heteroatoms. The Balaban J connectivity index is 0.000000152. The van der Waals surface area contributed by atoms with Gasteiger partial charge in [0.2, 0.25) is 0 Å². The van der Waals surface area contributed by atoms with Crippen molar-refractivity contribution in [2.45, 2.75) is 87.0 Å². The minimum Gasteiger partial charge on any atom is -0.398 e. The summed E-state index contributed by atoms with van der Waals surface area (Å²) in [5.74, 6) is 0.760. The van der Waals surface area contributed by atoms with Gasteiger partial charge in [0, 0.05) is 87.2 Å². The quantitative estimate of drug-likeness (QED) is 0.120. The number of nitrogens with two attached hydrogens (primary N) is 4. The molecular weight excluding hydrogens is 872 g/mol. The molecule has 1 aliphatic rings. The van der Waals surface area contributed by atoms with E-state index in [4.69, 9.17) is 22.9 Å². The number of pyridine rings is 2. The summed E-state index contributed by atoms with van der Waals surface area (Å²) >= 11 is 2.26.